The molecule has 3 aromatic rings. The number of hydrogen-bond donors (Lipinski definition) is 0. The fourth-order valence-corrected chi connectivity index (χ4v) is 3.30. The van der Waals surface area contributed by atoms with E-state index >= 15 is 0 Å². The molecule has 0 spiro atoms. The van der Waals surface area contributed by atoms with Gasteiger partial charge in [-0.1, -0.05) is 6.07 Å². The van der Waals surface area contributed by atoms with E-state index in [1.54, 1.807) is 13.4 Å². The van der Waals surface area contributed by atoms with Crippen LogP contribution < -0.4 is 4.74 Å². The molecule has 0 N–H and O–H groups in total. The van der Waals surface area contributed by atoms with Gasteiger partial charge in [0.2, 0.25) is 5.89 Å². The van der Waals surface area contributed by atoms with Crippen LogP contribution >= 0.6 is 0 Å². The molecule has 1 saturated heterocycles. The van der Waals surface area contributed by atoms with Gasteiger partial charge in [-0.2, -0.15) is 0 Å². The van der Waals surface area contributed by atoms with Crippen molar-refractivity contribution in [2.75, 3.05) is 33.3 Å². The number of pyridine rings is 1. The number of ether oxygens (including phenoxy) is 1. The van der Waals surface area contributed by atoms with Crippen LogP contribution in [0.15, 0.2) is 59.3 Å². The molecule has 0 atom stereocenters. The fourth-order valence-electron chi connectivity index (χ4n) is 3.30. The van der Waals surface area contributed by atoms with Crippen molar-refractivity contribution in [3.05, 3.63) is 66.3 Å². The standard InChI is InChI=1S/C21H24N4O2/c1-26-20-7-5-17(6-8-20)21-23-19(16-27-21)15-25-12-10-24(11-13-25)14-18-4-2-3-9-22-18/h2-9,16H,10-15H2,1H3. The summed E-state index contributed by atoms with van der Waals surface area (Å²) in [5, 5.41) is 0. The maximum atomic E-state index is 5.67. The third-order valence-electron chi connectivity index (χ3n) is 4.85. The Hall–Kier alpha value is -2.70. The molecule has 1 fully saturated rings. The van der Waals surface area contributed by atoms with Gasteiger partial charge >= 0.3 is 0 Å². The van der Waals surface area contributed by atoms with E-state index in [2.05, 4.69) is 25.8 Å². The van der Waals surface area contributed by atoms with Crippen molar-refractivity contribution in [3.63, 3.8) is 0 Å². The Morgan fingerprint density at radius 1 is 0.926 bits per heavy atom. The van der Waals surface area contributed by atoms with E-state index in [1.807, 2.05) is 42.6 Å². The highest BCUT2D eigenvalue weighted by atomic mass is 16.5. The lowest BCUT2D eigenvalue weighted by atomic mass is 10.2. The number of nitrogens with zero attached hydrogens (tertiary/aromatic N) is 4. The van der Waals surface area contributed by atoms with Crippen molar-refractivity contribution in [1.82, 2.24) is 19.8 Å². The van der Waals surface area contributed by atoms with Crippen molar-refractivity contribution < 1.29 is 9.15 Å². The van der Waals surface area contributed by atoms with Crippen LogP contribution in [0.4, 0.5) is 0 Å². The third-order valence-corrected chi connectivity index (χ3v) is 4.85. The lowest BCUT2D eigenvalue weighted by Gasteiger charge is -2.34. The summed E-state index contributed by atoms with van der Waals surface area (Å²) >= 11 is 0. The molecular formula is C21H24N4O2. The number of rotatable bonds is 6. The minimum absolute atomic E-state index is 0.654. The second-order valence-corrected chi connectivity index (χ2v) is 6.75. The summed E-state index contributed by atoms with van der Waals surface area (Å²) in [5.41, 5.74) is 3.06. The quantitative estimate of drug-likeness (QED) is 0.670. The van der Waals surface area contributed by atoms with Gasteiger partial charge in [0.05, 0.1) is 18.5 Å². The Labute approximate surface area is 159 Å². The molecule has 3 heterocycles. The van der Waals surface area contributed by atoms with Crippen molar-refractivity contribution in [3.8, 4) is 17.2 Å². The number of methoxy groups -OCH3 is 1. The molecule has 0 unspecified atom stereocenters. The largest absolute Gasteiger partial charge is 0.497 e. The summed E-state index contributed by atoms with van der Waals surface area (Å²) in [4.78, 5) is 13.9. The highest BCUT2D eigenvalue weighted by Gasteiger charge is 2.19. The van der Waals surface area contributed by atoms with E-state index in [0.29, 0.717) is 5.89 Å². The molecule has 0 radical (unpaired) electrons. The number of benzene rings is 1. The van der Waals surface area contributed by atoms with Gasteiger partial charge in [-0.3, -0.25) is 14.8 Å². The molecule has 0 bridgehead atoms. The van der Waals surface area contributed by atoms with Crippen LogP contribution in [0.2, 0.25) is 0 Å². The average Bonchev–Trinajstić information content (AvgIpc) is 3.19. The van der Waals surface area contributed by atoms with E-state index < -0.39 is 0 Å². The molecule has 6 nitrogen and oxygen atoms in total. The summed E-state index contributed by atoms with van der Waals surface area (Å²) in [7, 11) is 1.66. The Kier molecular flexibility index (Phi) is 5.46. The Morgan fingerprint density at radius 3 is 2.26 bits per heavy atom. The molecule has 27 heavy (non-hydrogen) atoms. The van der Waals surface area contributed by atoms with Crippen LogP contribution in [0.1, 0.15) is 11.4 Å². The van der Waals surface area contributed by atoms with Gasteiger partial charge in [0.25, 0.3) is 0 Å². The first-order chi connectivity index (χ1) is 13.3. The normalized spacial score (nSPS) is 15.7. The smallest absolute Gasteiger partial charge is 0.226 e. The zero-order valence-electron chi connectivity index (χ0n) is 15.5. The van der Waals surface area contributed by atoms with Crippen molar-refractivity contribution in [2.45, 2.75) is 13.1 Å². The van der Waals surface area contributed by atoms with Gasteiger partial charge in [0.1, 0.15) is 12.0 Å². The minimum Gasteiger partial charge on any atom is -0.497 e. The molecule has 4 rings (SSSR count). The molecule has 0 amide bonds. The molecule has 1 aliphatic rings. The Bertz CT molecular complexity index is 840. The van der Waals surface area contributed by atoms with E-state index in [1.165, 1.54) is 0 Å². The second kappa shape index (κ2) is 8.33. The molecule has 1 aromatic carbocycles. The number of hydrogen-bond acceptors (Lipinski definition) is 6. The van der Waals surface area contributed by atoms with Crippen LogP contribution in [0.3, 0.4) is 0 Å². The molecule has 1 aliphatic heterocycles. The van der Waals surface area contributed by atoms with Crippen LogP contribution in [-0.4, -0.2) is 53.1 Å². The van der Waals surface area contributed by atoms with Crippen LogP contribution in [-0.2, 0) is 13.1 Å². The van der Waals surface area contributed by atoms with Crippen LogP contribution in [0.5, 0.6) is 5.75 Å². The van der Waals surface area contributed by atoms with E-state index in [-0.39, 0.29) is 0 Å². The highest BCUT2D eigenvalue weighted by Crippen LogP contribution is 2.22. The lowest BCUT2D eigenvalue weighted by molar-refractivity contribution is 0.120. The summed E-state index contributed by atoms with van der Waals surface area (Å²) in [6.07, 6.45) is 3.62. The first kappa shape index (κ1) is 17.7. The second-order valence-electron chi connectivity index (χ2n) is 6.75. The molecule has 140 valence electrons. The van der Waals surface area contributed by atoms with E-state index in [0.717, 1.165) is 62.0 Å². The van der Waals surface area contributed by atoms with Gasteiger partial charge in [-0.25, -0.2) is 4.98 Å². The molecule has 6 heteroatoms. The zero-order chi connectivity index (χ0) is 18.5. The van der Waals surface area contributed by atoms with E-state index in [9.17, 15) is 0 Å². The maximum Gasteiger partial charge on any atom is 0.226 e. The molecule has 2 aromatic heterocycles. The summed E-state index contributed by atoms with van der Waals surface area (Å²) in [5.74, 6) is 1.48. The first-order valence-electron chi connectivity index (χ1n) is 9.23. The SMILES string of the molecule is COc1ccc(-c2nc(CN3CCN(Cc4ccccn4)CC3)co2)cc1. The van der Waals surface area contributed by atoms with Crippen LogP contribution in [0, 0.1) is 0 Å². The average molecular weight is 364 g/mol. The van der Waals surface area contributed by atoms with Gasteiger partial charge in [-0.15, -0.1) is 0 Å². The van der Waals surface area contributed by atoms with Gasteiger partial charge < -0.3 is 9.15 Å². The summed E-state index contributed by atoms with van der Waals surface area (Å²) < 4.78 is 10.9. The summed E-state index contributed by atoms with van der Waals surface area (Å²) in [6.45, 7) is 5.87. The zero-order valence-corrected chi connectivity index (χ0v) is 15.5. The van der Waals surface area contributed by atoms with Crippen LogP contribution in [0.25, 0.3) is 11.5 Å². The number of aromatic nitrogens is 2. The topological polar surface area (TPSA) is 54.6 Å². The maximum absolute atomic E-state index is 5.67. The van der Waals surface area contributed by atoms with Crippen molar-refractivity contribution in [1.29, 1.82) is 0 Å². The predicted molar refractivity (Wildman–Crippen MR) is 103 cm³/mol. The predicted octanol–water partition coefficient (Wildman–Crippen LogP) is 3.06. The molecular weight excluding hydrogens is 340 g/mol. The highest BCUT2D eigenvalue weighted by molar-refractivity contribution is 5.54. The van der Waals surface area contributed by atoms with Crippen molar-refractivity contribution >= 4 is 0 Å². The fraction of sp³-hybridized carbons (Fsp3) is 0.333. The van der Waals surface area contributed by atoms with Gasteiger partial charge in [-0.05, 0) is 36.4 Å². The Morgan fingerprint density at radius 2 is 1.63 bits per heavy atom. The van der Waals surface area contributed by atoms with Gasteiger partial charge in [0, 0.05) is 51.0 Å². The number of oxazole rings is 1. The van der Waals surface area contributed by atoms with E-state index in [4.69, 9.17) is 9.15 Å². The molecule has 0 aliphatic carbocycles. The molecule has 0 saturated carbocycles. The number of piperazine rings is 1. The van der Waals surface area contributed by atoms with Gasteiger partial charge in [0.15, 0.2) is 0 Å². The summed E-state index contributed by atoms with van der Waals surface area (Å²) in [6, 6.07) is 13.8. The lowest BCUT2D eigenvalue weighted by Crippen LogP contribution is -2.45. The van der Waals surface area contributed by atoms with Crippen molar-refractivity contribution in [2.24, 2.45) is 0 Å². The third kappa shape index (κ3) is 4.53. The first-order valence-corrected chi connectivity index (χ1v) is 9.23. The minimum atomic E-state index is 0.654. The Balaban J connectivity index is 1.30. The monoisotopic (exact) mass is 364 g/mol.